The van der Waals surface area contributed by atoms with Gasteiger partial charge in [-0.25, -0.2) is 9.97 Å². The fourth-order valence-electron chi connectivity index (χ4n) is 1.81. The first-order valence-electron chi connectivity index (χ1n) is 5.65. The predicted molar refractivity (Wildman–Crippen MR) is 66.2 cm³/mol. The molecule has 0 saturated heterocycles. The minimum atomic E-state index is -0.468. The fraction of sp³-hybridized carbons (Fsp3) is 0.333. The third-order valence-corrected chi connectivity index (χ3v) is 3.80. The molecular formula is C12H12FN3S. The van der Waals surface area contributed by atoms with E-state index in [2.05, 4.69) is 20.7 Å². The molecular weight excluding hydrogens is 237 g/mol. The number of halogens is 1. The van der Waals surface area contributed by atoms with Crippen molar-refractivity contribution in [2.75, 3.05) is 5.32 Å². The molecule has 1 fully saturated rings. The largest absolute Gasteiger partial charge is 0.330 e. The van der Waals surface area contributed by atoms with Crippen LogP contribution in [0, 0.1) is 5.95 Å². The van der Waals surface area contributed by atoms with Crippen molar-refractivity contribution in [3.8, 4) is 0 Å². The van der Waals surface area contributed by atoms with Crippen molar-refractivity contribution in [1.82, 2.24) is 9.97 Å². The molecule has 0 amide bonds. The van der Waals surface area contributed by atoms with Crippen molar-refractivity contribution in [3.63, 3.8) is 0 Å². The molecule has 2 aromatic heterocycles. The molecule has 0 spiro atoms. The van der Waals surface area contributed by atoms with Crippen LogP contribution in [0.25, 0.3) is 0 Å². The lowest BCUT2D eigenvalue weighted by molar-refractivity contribution is 0.413. The smallest absolute Gasteiger partial charge is 0.212 e. The number of nitrogens with one attached hydrogen (secondary N) is 1. The van der Waals surface area contributed by atoms with Crippen LogP contribution in [0.1, 0.15) is 30.9 Å². The lowest BCUT2D eigenvalue weighted by Gasteiger charge is -2.22. The van der Waals surface area contributed by atoms with Crippen LogP contribution in [0.2, 0.25) is 0 Å². The van der Waals surface area contributed by atoms with Gasteiger partial charge in [0.1, 0.15) is 0 Å². The van der Waals surface area contributed by atoms with E-state index in [1.165, 1.54) is 37.2 Å². The molecule has 1 saturated carbocycles. The molecule has 0 atom stereocenters. The van der Waals surface area contributed by atoms with Gasteiger partial charge in [-0.15, -0.1) is 11.3 Å². The van der Waals surface area contributed by atoms with Crippen LogP contribution in [0.5, 0.6) is 0 Å². The highest BCUT2D eigenvalue weighted by molar-refractivity contribution is 7.13. The van der Waals surface area contributed by atoms with Crippen LogP contribution >= 0.6 is 11.3 Å². The average molecular weight is 249 g/mol. The van der Waals surface area contributed by atoms with E-state index in [1.54, 1.807) is 17.4 Å². The number of nitrogens with zero attached hydrogens (tertiary/aromatic N) is 2. The highest BCUT2D eigenvalue weighted by atomic mass is 32.1. The van der Waals surface area contributed by atoms with Crippen LogP contribution in [0.15, 0.2) is 23.7 Å². The van der Waals surface area contributed by atoms with Gasteiger partial charge in [-0.1, -0.05) is 6.42 Å². The van der Waals surface area contributed by atoms with Crippen LogP contribution < -0.4 is 5.32 Å². The van der Waals surface area contributed by atoms with Gasteiger partial charge in [0.25, 0.3) is 0 Å². The zero-order valence-corrected chi connectivity index (χ0v) is 10.0. The summed E-state index contributed by atoms with van der Waals surface area (Å²) in [5.74, 6) is 0.179. The highest BCUT2D eigenvalue weighted by Crippen LogP contribution is 2.37. The summed E-state index contributed by atoms with van der Waals surface area (Å²) in [4.78, 5) is 8.13. The van der Waals surface area contributed by atoms with E-state index in [-0.39, 0.29) is 0 Å². The Balaban J connectivity index is 1.72. The molecule has 0 bridgehead atoms. The molecule has 1 N–H and O–H groups in total. The van der Waals surface area contributed by atoms with Gasteiger partial charge in [0.2, 0.25) is 5.95 Å². The number of pyridine rings is 1. The third kappa shape index (κ3) is 2.29. The topological polar surface area (TPSA) is 37.8 Å². The molecule has 0 aromatic carbocycles. The standard InChI is InChI=1S/C12H12FN3S/c13-11-5-4-9(6-14-11)15-12-16-10(7-17-12)8-2-1-3-8/h4-8H,1-3H2,(H,15,16). The van der Waals surface area contributed by atoms with Crippen molar-refractivity contribution >= 4 is 22.2 Å². The number of aromatic nitrogens is 2. The second kappa shape index (κ2) is 4.41. The lowest BCUT2D eigenvalue weighted by Crippen LogP contribution is -2.08. The Morgan fingerprint density at radius 3 is 2.88 bits per heavy atom. The van der Waals surface area contributed by atoms with E-state index in [1.807, 2.05) is 0 Å². The van der Waals surface area contributed by atoms with Gasteiger partial charge in [-0.05, 0) is 25.0 Å². The maximum Gasteiger partial charge on any atom is 0.212 e. The first kappa shape index (κ1) is 10.7. The van der Waals surface area contributed by atoms with E-state index >= 15 is 0 Å². The quantitative estimate of drug-likeness (QED) is 0.843. The molecule has 2 heterocycles. The monoisotopic (exact) mass is 249 g/mol. The van der Waals surface area contributed by atoms with Crippen molar-refractivity contribution in [2.24, 2.45) is 0 Å². The molecule has 5 heteroatoms. The SMILES string of the molecule is Fc1ccc(Nc2nc(C3CCC3)cs2)cn1. The second-order valence-electron chi connectivity index (χ2n) is 4.20. The normalized spacial score (nSPS) is 15.6. The summed E-state index contributed by atoms with van der Waals surface area (Å²) in [7, 11) is 0. The van der Waals surface area contributed by atoms with Gasteiger partial charge < -0.3 is 5.32 Å². The summed E-state index contributed by atoms with van der Waals surface area (Å²) in [5, 5.41) is 6.08. The molecule has 3 rings (SSSR count). The second-order valence-corrected chi connectivity index (χ2v) is 5.06. The Morgan fingerprint density at radius 2 is 2.24 bits per heavy atom. The van der Waals surface area contributed by atoms with E-state index < -0.39 is 5.95 Å². The minimum Gasteiger partial charge on any atom is -0.330 e. The number of rotatable bonds is 3. The van der Waals surface area contributed by atoms with Gasteiger partial charge >= 0.3 is 0 Å². The van der Waals surface area contributed by atoms with E-state index in [0.29, 0.717) is 5.92 Å². The average Bonchev–Trinajstić information content (AvgIpc) is 2.67. The number of thiazole rings is 1. The van der Waals surface area contributed by atoms with E-state index in [0.717, 1.165) is 10.8 Å². The summed E-state index contributed by atoms with van der Waals surface area (Å²) in [6.07, 6.45) is 5.29. The Bertz CT molecular complexity index is 505. The Morgan fingerprint density at radius 1 is 1.35 bits per heavy atom. The van der Waals surface area contributed by atoms with Gasteiger partial charge in [0, 0.05) is 11.3 Å². The van der Waals surface area contributed by atoms with Crippen LogP contribution in [0.3, 0.4) is 0 Å². The van der Waals surface area contributed by atoms with Gasteiger partial charge in [-0.3, -0.25) is 0 Å². The summed E-state index contributed by atoms with van der Waals surface area (Å²) in [5.41, 5.74) is 1.94. The minimum absolute atomic E-state index is 0.468. The summed E-state index contributed by atoms with van der Waals surface area (Å²) in [6.45, 7) is 0. The molecule has 0 radical (unpaired) electrons. The van der Waals surface area contributed by atoms with E-state index in [9.17, 15) is 4.39 Å². The Kier molecular flexibility index (Phi) is 2.76. The van der Waals surface area contributed by atoms with Crippen molar-refractivity contribution < 1.29 is 4.39 Å². The predicted octanol–water partition coefficient (Wildman–Crippen LogP) is 3.69. The first-order valence-corrected chi connectivity index (χ1v) is 6.53. The lowest BCUT2D eigenvalue weighted by atomic mass is 9.83. The van der Waals surface area contributed by atoms with Crippen molar-refractivity contribution in [1.29, 1.82) is 0 Å². The van der Waals surface area contributed by atoms with Crippen LogP contribution in [-0.2, 0) is 0 Å². The van der Waals surface area contributed by atoms with Gasteiger partial charge in [-0.2, -0.15) is 4.39 Å². The van der Waals surface area contributed by atoms with Crippen LogP contribution in [0.4, 0.5) is 15.2 Å². The van der Waals surface area contributed by atoms with Crippen molar-refractivity contribution in [3.05, 3.63) is 35.4 Å². The summed E-state index contributed by atoms with van der Waals surface area (Å²) in [6, 6.07) is 3.00. The maximum absolute atomic E-state index is 12.6. The van der Waals surface area contributed by atoms with Gasteiger partial charge in [0.15, 0.2) is 5.13 Å². The van der Waals surface area contributed by atoms with Crippen LogP contribution in [-0.4, -0.2) is 9.97 Å². The molecule has 3 nitrogen and oxygen atoms in total. The molecule has 2 aromatic rings. The molecule has 1 aliphatic carbocycles. The van der Waals surface area contributed by atoms with Gasteiger partial charge in [0.05, 0.1) is 17.6 Å². The zero-order chi connectivity index (χ0) is 11.7. The Hall–Kier alpha value is -1.49. The molecule has 1 aliphatic rings. The first-order chi connectivity index (χ1) is 8.31. The molecule has 88 valence electrons. The Labute approximate surface area is 103 Å². The fourth-order valence-corrected chi connectivity index (χ4v) is 2.62. The maximum atomic E-state index is 12.6. The summed E-state index contributed by atoms with van der Waals surface area (Å²) < 4.78 is 12.6. The third-order valence-electron chi connectivity index (χ3n) is 3.02. The number of anilines is 2. The summed E-state index contributed by atoms with van der Waals surface area (Å²) >= 11 is 1.58. The molecule has 0 aliphatic heterocycles. The highest BCUT2D eigenvalue weighted by Gasteiger charge is 2.21. The zero-order valence-electron chi connectivity index (χ0n) is 9.19. The van der Waals surface area contributed by atoms with E-state index in [4.69, 9.17) is 0 Å². The molecule has 17 heavy (non-hydrogen) atoms. The number of hydrogen-bond acceptors (Lipinski definition) is 4. The van der Waals surface area contributed by atoms with Crippen molar-refractivity contribution in [2.45, 2.75) is 25.2 Å². The molecule has 0 unspecified atom stereocenters. The number of hydrogen-bond donors (Lipinski definition) is 1.